The first-order valence-electron chi connectivity index (χ1n) is 7.65. The summed E-state index contributed by atoms with van der Waals surface area (Å²) in [5.41, 5.74) is 4.27. The molecule has 1 fully saturated rings. The molecule has 3 atom stereocenters. The van der Waals surface area contributed by atoms with Crippen LogP contribution in [-0.2, 0) is 0 Å². The van der Waals surface area contributed by atoms with Crippen LogP contribution in [0.1, 0.15) is 58.8 Å². The Labute approximate surface area is 106 Å². The van der Waals surface area contributed by atoms with Crippen molar-refractivity contribution in [1.29, 1.82) is 0 Å². The molecule has 3 aliphatic rings. The van der Waals surface area contributed by atoms with E-state index in [-0.39, 0.29) is 0 Å². The maximum atomic E-state index is 2.59. The van der Waals surface area contributed by atoms with Crippen LogP contribution in [0, 0.1) is 5.92 Å². The summed E-state index contributed by atoms with van der Waals surface area (Å²) in [6, 6.07) is 0. The van der Waals surface area contributed by atoms with Gasteiger partial charge in [0.05, 0.1) is 20.1 Å². The Balaban J connectivity index is 1.94. The second kappa shape index (κ2) is 3.85. The van der Waals surface area contributed by atoms with Crippen LogP contribution in [0.15, 0.2) is 11.1 Å². The third kappa shape index (κ3) is 1.54. The normalized spacial score (nSPS) is 45.0. The average molecular weight is 234 g/mol. The topological polar surface area (TPSA) is 0 Å². The molecule has 1 unspecified atom stereocenters. The van der Waals surface area contributed by atoms with Crippen molar-refractivity contribution in [3.8, 4) is 0 Å². The molecule has 17 heavy (non-hydrogen) atoms. The molecule has 2 heterocycles. The second-order valence-corrected chi connectivity index (χ2v) is 7.12. The van der Waals surface area contributed by atoms with Gasteiger partial charge in [0, 0.05) is 18.8 Å². The van der Waals surface area contributed by atoms with Gasteiger partial charge in [0.2, 0.25) is 0 Å². The highest BCUT2D eigenvalue weighted by Gasteiger charge is 2.57. The highest BCUT2D eigenvalue weighted by atomic mass is 15.4. The maximum Gasteiger partial charge on any atom is 0.118 e. The van der Waals surface area contributed by atoms with Gasteiger partial charge in [-0.3, -0.25) is 0 Å². The fraction of sp³-hybridized carbons (Fsp3) is 0.875. The Hall–Kier alpha value is -0.300. The van der Waals surface area contributed by atoms with E-state index in [9.17, 15) is 0 Å². The van der Waals surface area contributed by atoms with E-state index in [1.165, 1.54) is 62.5 Å². The van der Waals surface area contributed by atoms with Crippen LogP contribution >= 0.6 is 0 Å². The quantitative estimate of drug-likeness (QED) is 0.502. The van der Waals surface area contributed by atoms with Crippen LogP contribution in [0.25, 0.3) is 0 Å². The first-order chi connectivity index (χ1) is 8.09. The van der Waals surface area contributed by atoms with Crippen molar-refractivity contribution < 1.29 is 4.48 Å². The van der Waals surface area contributed by atoms with E-state index < -0.39 is 0 Å². The van der Waals surface area contributed by atoms with Gasteiger partial charge < -0.3 is 4.48 Å². The van der Waals surface area contributed by atoms with Gasteiger partial charge in [-0.25, -0.2) is 0 Å². The van der Waals surface area contributed by atoms with Crippen LogP contribution in [0.3, 0.4) is 0 Å². The minimum Gasteiger partial charge on any atom is -0.317 e. The number of quaternary nitrogens is 1. The van der Waals surface area contributed by atoms with Crippen LogP contribution in [0.5, 0.6) is 0 Å². The summed E-state index contributed by atoms with van der Waals surface area (Å²) in [6.07, 6.45) is 9.97. The van der Waals surface area contributed by atoms with Crippen molar-refractivity contribution in [2.24, 2.45) is 5.92 Å². The lowest BCUT2D eigenvalue weighted by Crippen LogP contribution is -2.59. The third-order valence-corrected chi connectivity index (χ3v) is 6.13. The average Bonchev–Trinajstić information content (AvgIpc) is 2.82. The molecule has 1 heteroatoms. The standard InChI is InChI=1S/C16H28N/c1-4-6-13-11-16(2)15-8-5-7-14(15)9-10-17(16,3)12-13/h13H,4-12H2,1-3H3/q+1/t13-,16+,17?/m1/s1. The Kier molecular flexibility index (Phi) is 2.66. The van der Waals surface area contributed by atoms with Crippen molar-refractivity contribution in [2.45, 2.75) is 64.3 Å². The Bertz CT molecular complexity index is 357. The lowest BCUT2D eigenvalue weighted by molar-refractivity contribution is -0.941. The summed E-state index contributed by atoms with van der Waals surface area (Å²) in [7, 11) is 2.54. The number of nitrogens with zero attached hydrogens (tertiary/aromatic N) is 1. The van der Waals surface area contributed by atoms with Gasteiger partial charge >= 0.3 is 0 Å². The highest BCUT2D eigenvalue weighted by Crippen LogP contribution is 2.53. The van der Waals surface area contributed by atoms with Crippen molar-refractivity contribution >= 4 is 0 Å². The van der Waals surface area contributed by atoms with Crippen LogP contribution in [0.2, 0.25) is 0 Å². The molecule has 2 aliphatic heterocycles. The number of likely N-dealkylation sites (N-methyl/N-ethyl adjacent to an activating group) is 1. The van der Waals surface area contributed by atoms with Crippen molar-refractivity contribution in [3.63, 3.8) is 0 Å². The molecule has 0 aromatic heterocycles. The molecular formula is C16H28N+. The zero-order chi connectivity index (χ0) is 12.1. The maximum absolute atomic E-state index is 2.59. The zero-order valence-corrected chi connectivity index (χ0v) is 11.9. The molecule has 3 rings (SSSR count). The van der Waals surface area contributed by atoms with Crippen molar-refractivity contribution in [2.75, 3.05) is 20.1 Å². The molecular weight excluding hydrogens is 206 g/mol. The molecule has 0 aromatic carbocycles. The lowest BCUT2D eigenvalue weighted by atomic mass is 9.79. The van der Waals surface area contributed by atoms with E-state index in [2.05, 4.69) is 20.9 Å². The zero-order valence-electron chi connectivity index (χ0n) is 11.9. The van der Waals surface area contributed by atoms with Gasteiger partial charge in [0.15, 0.2) is 0 Å². The predicted molar refractivity (Wildman–Crippen MR) is 72.8 cm³/mol. The second-order valence-electron chi connectivity index (χ2n) is 7.12. The molecule has 0 aromatic rings. The molecule has 96 valence electrons. The van der Waals surface area contributed by atoms with Gasteiger partial charge in [0.25, 0.3) is 0 Å². The number of fused-ring (bicyclic) bond motifs is 2. The fourth-order valence-electron chi connectivity index (χ4n) is 5.12. The number of hydrogen-bond acceptors (Lipinski definition) is 0. The first kappa shape index (κ1) is 11.8. The van der Waals surface area contributed by atoms with Crippen molar-refractivity contribution in [3.05, 3.63) is 11.1 Å². The van der Waals surface area contributed by atoms with Crippen LogP contribution < -0.4 is 0 Å². The number of hydrogen-bond donors (Lipinski definition) is 0. The summed E-state index contributed by atoms with van der Waals surface area (Å²) in [6.45, 7) is 7.79. The fourth-order valence-corrected chi connectivity index (χ4v) is 5.12. The molecule has 1 saturated heterocycles. The molecule has 0 spiro atoms. The minimum absolute atomic E-state index is 0.518. The van der Waals surface area contributed by atoms with E-state index in [0.29, 0.717) is 5.54 Å². The molecule has 0 amide bonds. The van der Waals surface area contributed by atoms with Crippen molar-refractivity contribution in [1.82, 2.24) is 0 Å². The molecule has 0 radical (unpaired) electrons. The molecule has 0 bridgehead atoms. The molecule has 0 saturated carbocycles. The summed E-state index contributed by atoms with van der Waals surface area (Å²) >= 11 is 0. The van der Waals surface area contributed by atoms with Gasteiger partial charge in [-0.1, -0.05) is 18.9 Å². The third-order valence-electron chi connectivity index (χ3n) is 6.13. The molecule has 0 N–H and O–H groups in total. The van der Waals surface area contributed by atoms with E-state index in [1.54, 1.807) is 0 Å². The minimum atomic E-state index is 0.518. The van der Waals surface area contributed by atoms with E-state index >= 15 is 0 Å². The summed E-state index contributed by atoms with van der Waals surface area (Å²) in [5, 5.41) is 0. The van der Waals surface area contributed by atoms with E-state index in [1.807, 2.05) is 11.1 Å². The Morgan fingerprint density at radius 2 is 2.12 bits per heavy atom. The Morgan fingerprint density at radius 1 is 1.29 bits per heavy atom. The van der Waals surface area contributed by atoms with Crippen LogP contribution in [-0.4, -0.2) is 30.2 Å². The highest BCUT2D eigenvalue weighted by molar-refractivity contribution is 5.31. The summed E-state index contributed by atoms with van der Waals surface area (Å²) in [4.78, 5) is 0. The van der Waals surface area contributed by atoms with Gasteiger partial charge in [-0.15, -0.1) is 0 Å². The smallest absolute Gasteiger partial charge is 0.118 e. The molecule has 1 nitrogen and oxygen atoms in total. The molecule has 1 aliphatic carbocycles. The van der Waals surface area contributed by atoms with Crippen LogP contribution in [0.4, 0.5) is 0 Å². The van der Waals surface area contributed by atoms with Gasteiger partial charge in [-0.2, -0.15) is 0 Å². The van der Waals surface area contributed by atoms with Gasteiger partial charge in [-0.05, 0) is 38.2 Å². The number of rotatable bonds is 2. The Morgan fingerprint density at radius 3 is 2.88 bits per heavy atom. The predicted octanol–water partition coefficient (Wildman–Crippen LogP) is 3.90. The SMILES string of the molecule is CCC[C@@H]1C[C@@]2(C)C3=C(CCC3)CC[N+]2(C)C1. The first-order valence-corrected chi connectivity index (χ1v) is 7.65. The van der Waals surface area contributed by atoms with E-state index in [4.69, 9.17) is 0 Å². The van der Waals surface area contributed by atoms with E-state index in [0.717, 1.165) is 5.92 Å². The monoisotopic (exact) mass is 234 g/mol. The summed E-state index contributed by atoms with van der Waals surface area (Å²) < 4.78 is 1.36. The summed E-state index contributed by atoms with van der Waals surface area (Å²) in [5.74, 6) is 0.988. The van der Waals surface area contributed by atoms with Gasteiger partial charge in [0.1, 0.15) is 5.54 Å². The lowest BCUT2D eigenvalue weighted by Gasteiger charge is -2.48. The largest absolute Gasteiger partial charge is 0.317 e.